The zero-order valence-electron chi connectivity index (χ0n) is 16.8. The molecule has 4 bridgehead atoms. The van der Waals surface area contributed by atoms with Crippen LogP contribution in [0.2, 0.25) is 0 Å². The van der Waals surface area contributed by atoms with Crippen molar-refractivity contribution in [3.8, 4) is 0 Å². The molecule has 8 nitrogen and oxygen atoms in total. The van der Waals surface area contributed by atoms with Crippen molar-refractivity contribution in [3.63, 3.8) is 0 Å². The van der Waals surface area contributed by atoms with Crippen LogP contribution < -0.4 is 5.32 Å². The van der Waals surface area contributed by atoms with Crippen LogP contribution in [0.15, 0.2) is 5.11 Å². The summed E-state index contributed by atoms with van der Waals surface area (Å²) in [6.45, 7) is 3.79. The van der Waals surface area contributed by atoms with Crippen LogP contribution in [0, 0.1) is 23.2 Å². The molecule has 4 aliphatic rings. The molecule has 0 saturated heterocycles. The molecular formula is C20H34N4O4. The molecule has 0 unspecified atom stereocenters. The van der Waals surface area contributed by atoms with Crippen LogP contribution in [0.3, 0.4) is 0 Å². The smallest absolute Gasteiger partial charge is 0.220 e. The van der Waals surface area contributed by atoms with Crippen LogP contribution in [0.25, 0.3) is 10.4 Å². The Kier molecular flexibility index (Phi) is 8.40. The largest absolute Gasteiger partial charge is 0.379 e. The van der Waals surface area contributed by atoms with Gasteiger partial charge in [0, 0.05) is 24.4 Å². The average molecular weight is 395 g/mol. The minimum absolute atomic E-state index is 0.194. The van der Waals surface area contributed by atoms with Gasteiger partial charge in [0.25, 0.3) is 0 Å². The number of azide groups is 1. The van der Waals surface area contributed by atoms with E-state index in [1.807, 2.05) is 0 Å². The molecule has 158 valence electrons. The molecule has 0 aromatic carbocycles. The van der Waals surface area contributed by atoms with E-state index in [-0.39, 0.29) is 5.91 Å². The standard InChI is InChI=1S/C20H34N4O4/c21-24-23-2-4-27-6-8-28-7-5-26-3-1-22-19(25)15-20-12-16-9-17(13-20)11-18(10-16)14-20/h16-18H,1-15H2,(H,22,25). The predicted octanol–water partition coefficient (Wildman–Crippen LogP) is 3.07. The Labute approximate surface area is 167 Å². The van der Waals surface area contributed by atoms with E-state index in [2.05, 4.69) is 15.3 Å². The Balaban J connectivity index is 1.15. The van der Waals surface area contributed by atoms with E-state index in [1.165, 1.54) is 38.5 Å². The second kappa shape index (κ2) is 11.0. The Morgan fingerprint density at radius 1 is 0.929 bits per heavy atom. The van der Waals surface area contributed by atoms with E-state index < -0.39 is 0 Å². The van der Waals surface area contributed by atoms with Crippen LogP contribution in [0.1, 0.15) is 44.9 Å². The number of hydrogen-bond acceptors (Lipinski definition) is 5. The number of rotatable bonds is 14. The molecule has 4 saturated carbocycles. The van der Waals surface area contributed by atoms with Crippen molar-refractivity contribution < 1.29 is 19.0 Å². The van der Waals surface area contributed by atoms with Gasteiger partial charge in [0.05, 0.1) is 39.6 Å². The number of carbonyl (C=O) groups is 1. The first-order valence-corrected chi connectivity index (χ1v) is 10.7. The van der Waals surface area contributed by atoms with Gasteiger partial charge in [-0.2, -0.15) is 0 Å². The molecule has 0 heterocycles. The van der Waals surface area contributed by atoms with Gasteiger partial charge in [0.2, 0.25) is 5.91 Å². The number of nitrogens with one attached hydrogen (secondary N) is 1. The maximum Gasteiger partial charge on any atom is 0.220 e. The maximum absolute atomic E-state index is 12.4. The van der Waals surface area contributed by atoms with Crippen LogP contribution in [-0.4, -0.2) is 58.6 Å². The summed E-state index contributed by atoms with van der Waals surface area (Å²) in [7, 11) is 0. The van der Waals surface area contributed by atoms with Crippen molar-refractivity contribution in [2.24, 2.45) is 28.3 Å². The fraction of sp³-hybridized carbons (Fsp3) is 0.950. The van der Waals surface area contributed by atoms with Crippen LogP contribution >= 0.6 is 0 Å². The van der Waals surface area contributed by atoms with Gasteiger partial charge in [-0.15, -0.1) is 0 Å². The summed E-state index contributed by atoms with van der Waals surface area (Å²) in [4.78, 5) is 15.0. The second-order valence-corrected chi connectivity index (χ2v) is 8.74. The number of ether oxygens (including phenoxy) is 3. The van der Waals surface area contributed by atoms with Crippen molar-refractivity contribution >= 4 is 5.91 Å². The second-order valence-electron chi connectivity index (χ2n) is 8.74. The molecular weight excluding hydrogens is 360 g/mol. The molecule has 4 aliphatic carbocycles. The van der Waals surface area contributed by atoms with Crippen LogP contribution in [-0.2, 0) is 19.0 Å². The van der Waals surface area contributed by atoms with Crippen molar-refractivity contribution in [3.05, 3.63) is 10.4 Å². The highest BCUT2D eigenvalue weighted by Crippen LogP contribution is 2.61. The maximum atomic E-state index is 12.4. The summed E-state index contributed by atoms with van der Waals surface area (Å²) >= 11 is 0. The van der Waals surface area contributed by atoms with Crippen molar-refractivity contribution in [1.82, 2.24) is 5.32 Å². The summed E-state index contributed by atoms with van der Waals surface area (Å²) in [5.41, 5.74) is 8.42. The third kappa shape index (κ3) is 6.62. The van der Waals surface area contributed by atoms with Crippen LogP contribution in [0.4, 0.5) is 0 Å². The number of hydrogen-bond donors (Lipinski definition) is 1. The van der Waals surface area contributed by atoms with Crippen molar-refractivity contribution in [2.45, 2.75) is 44.9 Å². The number of carbonyl (C=O) groups excluding carboxylic acids is 1. The van der Waals surface area contributed by atoms with E-state index in [4.69, 9.17) is 19.7 Å². The first-order chi connectivity index (χ1) is 13.7. The molecule has 1 N–H and O–H groups in total. The lowest BCUT2D eigenvalue weighted by Gasteiger charge is -2.56. The highest BCUT2D eigenvalue weighted by Gasteiger charge is 2.51. The predicted molar refractivity (Wildman–Crippen MR) is 105 cm³/mol. The van der Waals surface area contributed by atoms with Crippen molar-refractivity contribution in [1.29, 1.82) is 0 Å². The van der Waals surface area contributed by atoms with Gasteiger partial charge < -0.3 is 19.5 Å². The normalized spacial score (nSPS) is 30.2. The SMILES string of the molecule is [N-]=[N+]=NCCOCCOCCOCCNC(=O)CC12CC3CC(CC(C3)C1)C2. The first kappa shape index (κ1) is 21.4. The van der Waals surface area contributed by atoms with Crippen LogP contribution in [0.5, 0.6) is 0 Å². The highest BCUT2D eigenvalue weighted by atomic mass is 16.5. The van der Waals surface area contributed by atoms with E-state index in [9.17, 15) is 4.79 Å². The van der Waals surface area contributed by atoms with E-state index in [1.54, 1.807) is 0 Å². The molecule has 1 amide bonds. The third-order valence-corrected chi connectivity index (χ3v) is 6.41. The van der Waals surface area contributed by atoms with E-state index >= 15 is 0 Å². The lowest BCUT2D eigenvalue weighted by atomic mass is 9.49. The monoisotopic (exact) mass is 394 g/mol. The van der Waals surface area contributed by atoms with E-state index in [0.29, 0.717) is 64.6 Å². The summed E-state index contributed by atoms with van der Waals surface area (Å²) in [6, 6.07) is 0. The Bertz CT molecular complexity index is 515. The molecule has 4 fully saturated rings. The summed E-state index contributed by atoms with van der Waals surface area (Å²) in [6.07, 6.45) is 8.77. The topological polar surface area (TPSA) is 106 Å². The molecule has 0 aliphatic heterocycles. The lowest BCUT2D eigenvalue weighted by Crippen LogP contribution is -2.48. The zero-order chi connectivity index (χ0) is 19.7. The molecule has 0 radical (unpaired) electrons. The van der Waals surface area contributed by atoms with Gasteiger partial charge in [-0.1, -0.05) is 5.11 Å². The minimum atomic E-state index is 0.194. The molecule has 0 aromatic rings. The Morgan fingerprint density at radius 3 is 2.04 bits per heavy atom. The summed E-state index contributed by atoms with van der Waals surface area (Å²) < 4.78 is 16.1. The van der Waals surface area contributed by atoms with Gasteiger partial charge in [-0.25, -0.2) is 0 Å². The third-order valence-electron chi connectivity index (χ3n) is 6.41. The minimum Gasteiger partial charge on any atom is -0.379 e. The van der Waals surface area contributed by atoms with Gasteiger partial charge in [0.15, 0.2) is 0 Å². The highest BCUT2D eigenvalue weighted by molar-refractivity contribution is 5.76. The molecule has 0 atom stereocenters. The number of amides is 1. The van der Waals surface area contributed by atoms with Gasteiger partial charge in [-0.3, -0.25) is 4.79 Å². The molecule has 0 aromatic heterocycles. The lowest BCUT2D eigenvalue weighted by molar-refractivity contribution is -0.129. The fourth-order valence-electron chi connectivity index (χ4n) is 5.86. The van der Waals surface area contributed by atoms with Crippen molar-refractivity contribution in [2.75, 3.05) is 52.7 Å². The zero-order valence-corrected chi connectivity index (χ0v) is 16.8. The summed E-state index contributed by atoms with van der Waals surface area (Å²) in [5.74, 6) is 2.86. The Morgan fingerprint density at radius 2 is 1.46 bits per heavy atom. The summed E-state index contributed by atoms with van der Waals surface area (Å²) in [5, 5.41) is 6.41. The molecule has 28 heavy (non-hydrogen) atoms. The first-order valence-electron chi connectivity index (χ1n) is 10.7. The molecule has 4 rings (SSSR count). The fourth-order valence-corrected chi connectivity index (χ4v) is 5.86. The molecule has 8 heteroatoms. The van der Waals surface area contributed by atoms with Gasteiger partial charge >= 0.3 is 0 Å². The average Bonchev–Trinajstić information content (AvgIpc) is 2.64. The quantitative estimate of drug-likeness (QED) is 0.211. The van der Waals surface area contributed by atoms with Gasteiger partial charge in [0.1, 0.15) is 0 Å². The Hall–Kier alpha value is -1.34. The van der Waals surface area contributed by atoms with E-state index in [0.717, 1.165) is 17.8 Å². The number of nitrogens with zero attached hydrogens (tertiary/aromatic N) is 3. The molecule has 0 spiro atoms. The van der Waals surface area contributed by atoms with Gasteiger partial charge in [-0.05, 0) is 67.2 Å².